The molecule has 3 aromatic rings. The van der Waals surface area contributed by atoms with E-state index in [4.69, 9.17) is 0 Å². The second-order valence-corrected chi connectivity index (χ2v) is 8.68. The molecule has 0 saturated heterocycles. The van der Waals surface area contributed by atoms with Crippen LogP contribution < -0.4 is 5.32 Å². The van der Waals surface area contributed by atoms with Gasteiger partial charge >= 0.3 is 0 Å². The van der Waals surface area contributed by atoms with Crippen LogP contribution in [0.15, 0.2) is 41.9 Å². The highest BCUT2D eigenvalue weighted by Crippen LogP contribution is 2.41. The van der Waals surface area contributed by atoms with Crippen molar-refractivity contribution in [2.24, 2.45) is 5.41 Å². The summed E-state index contributed by atoms with van der Waals surface area (Å²) in [5, 5.41) is 10.5. The summed E-state index contributed by atoms with van der Waals surface area (Å²) in [4.78, 5) is 16.9. The zero-order valence-electron chi connectivity index (χ0n) is 15.2. The molecule has 1 amide bonds. The van der Waals surface area contributed by atoms with E-state index in [9.17, 15) is 4.79 Å². The summed E-state index contributed by atoms with van der Waals surface area (Å²) in [6.45, 7) is 6.39. The van der Waals surface area contributed by atoms with Crippen molar-refractivity contribution in [1.82, 2.24) is 20.1 Å². The van der Waals surface area contributed by atoms with E-state index in [1.54, 1.807) is 0 Å². The summed E-state index contributed by atoms with van der Waals surface area (Å²) in [7, 11) is 0. The smallest absolute Gasteiger partial charge is 0.271 e. The minimum Gasteiger partial charge on any atom is -0.344 e. The van der Waals surface area contributed by atoms with Crippen LogP contribution in [0.25, 0.3) is 5.69 Å². The highest BCUT2D eigenvalue weighted by atomic mass is 32.1. The number of thiazole rings is 1. The van der Waals surface area contributed by atoms with Gasteiger partial charge in [-0.3, -0.25) is 4.79 Å². The van der Waals surface area contributed by atoms with Gasteiger partial charge in [-0.15, -0.1) is 11.3 Å². The first-order chi connectivity index (χ1) is 12.4. The second-order valence-electron chi connectivity index (χ2n) is 7.62. The van der Waals surface area contributed by atoms with Gasteiger partial charge in [0, 0.05) is 10.9 Å². The summed E-state index contributed by atoms with van der Waals surface area (Å²) < 4.78 is 2.00. The van der Waals surface area contributed by atoms with Gasteiger partial charge in [0.25, 0.3) is 5.91 Å². The normalized spacial score (nSPS) is 18.3. The van der Waals surface area contributed by atoms with Crippen LogP contribution in [0.1, 0.15) is 53.1 Å². The molecule has 0 radical (unpaired) electrons. The fourth-order valence-corrected chi connectivity index (χ4v) is 4.26. The van der Waals surface area contributed by atoms with Gasteiger partial charge in [-0.25, -0.2) is 9.67 Å². The molecule has 26 heavy (non-hydrogen) atoms. The van der Waals surface area contributed by atoms with E-state index in [0.717, 1.165) is 29.1 Å². The summed E-state index contributed by atoms with van der Waals surface area (Å²) >= 11 is 1.49. The van der Waals surface area contributed by atoms with Gasteiger partial charge in [0.2, 0.25) is 0 Å². The van der Waals surface area contributed by atoms with Gasteiger partial charge in [0.15, 0.2) is 0 Å². The number of aryl methyl sites for hydroxylation is 1. The van der Waals surface area contributed by atoms with Crippen LogP contribution in [0.4, 0.5) is 0 Å². The van der Waals surface area contributed by atoms with Crippen LogP contribution in [-0.2, 0) is 6.42 Å². The Kier molecular flexibility index (Phi) is 4.15. The van der Waals surface area contributed by atoms with E-state index in [1.807, 2.05) is 41.4 Å². The van der Waals surface area contributed by atoms with Gasteiger partial charge < -0.3 is 5.32 Å². The number of benzene rings is 1. The molecule has 2 heterocycles. The third-order valence-electron chi connectivity index (χ3n) is 4.84. The lowest BCUT2D eigenvalue weighted by molar-refractivity contribution is 0.0914. The van der Waals surface area contributed by atoms with Crippen molar-refractivity contribution in [3.05, 3.63) is 63.9 Å². The van der Waals surface area contributed by atoms with Crippen LogP contribution in [0, 0.1) is 12.3 Å². The number of hydrogen-bond acceptors (Lipinski definition) is 4. The summed E-state index contributed by atoms with van der Waals surface area (Å²) in [6.07, 6.45) is 3.71. The second kappa shape index (κ2) is 6.36. The molecule has 4 rings (SSSR count). The monoisotopic (exact) mass is 366 g/mol. The maximum atomic E-state index is 12.6. The average Bonchev–Trinajstić information content (AvgIpc) is 3.21. The van der Waals surface area contributed by atoms with Crippen molar-refractivity contribution in [1.29, 1.82) is 0 Å². The number of aromatic nitrogens is 3. The standard InChI is InChI=1S/C20H22N4OS/c1-13-22-17(12-26-13)19(25)23-16-9-20(2,3)10-18-15(16)11-21-24(18)14-7-5-4-6-8-14/h4-8,11-12,16H,9-10H2,1-3H3,(H,23,25)/t16-/m1/s1. The SMILES string of the molecule is Cc1nc(C(=O)N[C@@H]2CC(C)(C)Cc3c2cnn3-c2ccccc2)cs1. The Bertz CT molecular complexity index is 942. The average molecular weight is 366 g/mol. The Morgan fingerprint density at radius 2 is 2.08 bits per heavy atom. The van der Waals surface area contributed by atoms with Crippen LogP contribution in [0.3, 0.4) is 0 Å². The molecule has 1 aliphatic rings. The molecule has 0 saturated carbocycles. The molecule has 5 nitrogen and oxygen atoms in total. The molecule has 0 aliphatic heterocycles. The molecular formula is C20H22N4OS. The van der Waals surface area contributed by atoms with Crippen LogP contribution in [-0.4, -0.2) is 20.7 Å². The Morgan fingerprint density at radius 3 is 2.77 bits per heavy atom. The van der Waals surface area contributed by atoms with E-state index in [0.29, 0.717) is 5.69 Å². The maximum Gasteiger partial charge on any atom is 0.271 e. The van der Waals surface area contributed by atoms with Crippen LogP contribution in [0.5, 0.6) is 0 Å². The molecule has 6 heteroatoms. The lowest BCUT2D eigenvalue weighted by Gasteiger charge is -2.35. The van der Waals surface area contributed by atoms with Gasteiger partial charge in [-0.1, -0.05) is 32.0 Å². The third-order valence-corrected chi connectivity index (χ3v) is 5.61. The third kappa shape index (κ3) is 3.17. The van der Waals surface area contributed by atoms with Crippen molar-refractivity contribution < 1.29 is 4.79 Å². The topological polar surface area (TPSA) is 59.8 Å². The number of carbonyl (C=O) groups excluding carboxylic acids is 1. The highest BCUT2D eigenvalue weighted by molar-refractivity contribution is 7.09. The summed E-state index contributed by atoms with van der Waals surface area (Å²) in [6, 6.07) is 10.1. The van der Waals surface area contributed by atoms with Crippen molar-refractivity contribution in [2.45, 2.75) is 39.7 Å². The fourth-order valence-electron chi connectivity index (χ4n) is 3.66. The Balaban J connectivity index is 1.68. The van der Waals surface area contributed by atoms with Crippen molar-refractivity contribution in [3.63, 3.8) is 0 Å². The number of para-hydroxylation sites is 1. The molecule has 1 N–H and O–H groups in total. The largest absolute Gasteiger partial charge is 0.344 e. The first-order valence-corrected chi connectivity index (χ1v) is 9.66. The number of rotatable bonds is 3. The predicted molar refractivity (Wildman–Crippen MR) is 103 cm³/mol. The van der Waals surface area contributed by atoms with E-state index in [1.165, 1.54) is 17.0 Å². The van der Waals surface area contributed by atoms with Gasteiger partial charge in [-0.2, -0.15) is 5.10 Å². The maximum absolute atomic E-state index is 12.6. The van der Waals surface area contributed by atoms with Gasteiger partial charge in [0.1, 0.15) is 5.69 Å². The molecule has 2 aromatic heterocycles. The number of amides is 1. The van der Waals surface area contributed by atoms with Crippen molar-refractivity contribution in [3.8, 4) is 5.69 Å². The molecule has 134 valence electrons. The quantitative estimate of drug-likeness (QED) is 0.760. The molecule has 0 fully saturated rings. The van der Waals surface area contributed by atoms with Crippen LogP contribution in [0.2, 0.25) is 0 Å². The first kappa shape index (κ1) is 17.0. The van der Waals surface area contributed by atoms with E-state index < -0.39 is 0 Å². The van der Waals surface area contributed by atoms with E-state index in [2.05, 4.69) is 41.4 Å². The number of fused-ring (bicyclic) bond motifs is 1. The molecule has 1 aliphatic carbocycles. The summed E-state index contributed by atoms with van der Waals surface area (Å²) in [5.74, 6) is -0.115. The lowest BCUT2D eigenvalue weighted by atomic mass is 9.74. The molecular weight excluding hydrogens is 344 g/mol. The summed E-state index contributed by atoms with van der Waals surface area (Å²) in [5.41, 5.74) is 3.90. The zero-order chi connectivity index (χ0) is 18.3. The highest BCUT2D eigenvalue weighted by Gasteiger charge is 2.36. The van der Waals surface area contributed by atoms with Gasteiger partial charge in [0.05, 0.1) is 28.6 Å². The molecule has 0 bridgehead atoms. The van der Waals surface area contributed by atoms with E-state index >= 15 is 0 Å². The van der Waals surface area contributed by atoms with Crippen molar-refractivity contribution >= 4 is 17.2 Å². The molecule has 0 unspecified atom stereocenters. The molecule has 1 aromatic carbocycles. The number of nitrogens with zero attached hydrogens (tertiary/aromatic N) is 3. The van der Waals surface area contributed by atoms with E-state index in [-0.39, 0.29) is 17.4 Å². The number of carbonyl (C=O) groups is 1. The first-order valence-electron chi connectivity index (χ1n) is 8.78. The number of nitrogens with one attached hydrogen (secondary N) is 1. The number of hydrogen-bond donors (Lipinski definition) is 1. The lowest BCUT2D eigenvalue weighted by Crippen LogP contribution is -2.36. The Hall–Kier alpha value is -2.47. The Morgan fingerprint density at radius 1 is 1.31 bits per heavy atom. The van der Waals surface area contributed by atoms with Gasteiger partial charge in [-0.05, 0) is 37.3 Å². The van der Waals surface area contributed by atoms with Crippen molar-refractivity contribution in [2.75, 3.05) is 0 Å². The molecule has 0 spiro atoms. The zero-order valence-corrected chi connectivity index (χ0v) is 16.0. The predicted octanol–water partition coefficient (Wildman–Crippen LogP) is 4.08. The minimum absolute atomic E-state index is 0.0549. The van der Waals surface area contributed by atoms with Crippen LogP contribution >= 0.6 is 11.3 Å². The Labute approximate surface area is 157 Å². The minimum atomic E-state index is -0.115. The fraction of sp³-hybridized carbons (Fsp3) is 0.350. The molecule has 1 atom stereocenters.